The quantitative estimate of drug-likeness (QED) is 0.873. The normalized spacial score (nSPS) is 29.9. The van der Waals surface area contributed by atoms with Crippen LogP contribution in [0.3, 0.4) is 0 Å². The van der Waals surface area contributed by atoms with Crippen LogP contribution in [0.25, 0.3) is 0 Å². The van der Waals surface area contributed by atoms with Crippen LogP contribution in [0.2, 0.25) is 0 Å². The second-order valence-electron chi connectivity index (χ2n) is 5.82. The minimum absolute atomic E-state index is 0.482. The first-order chi connectivity index (χ1) is 9.33. The fraction of sp³-hybridized carbons (Fsp3) is 0.562. The van der Waals surface area contributed by atoms with Crippen LogP contribution in [0, 0.1) is 5.92 Å². The highest BCUT2D eigenvalue weighted by molar-refractivity contribution is 5.81. The molecule has 3 heteroatoms. The lowest BCUT2D eigenvalue weighted by molar-refractivity contribution is 0.474. The van der Waals surface area contributed by atoms with Gasteiger partial charge in [0.2, 0.25) is 0 Å². The molecule has 1 aromatic rings. The summed E-state index contributed by atoms with van der Waals surface area (Å²) in [6.07, 6.45) is 4.00. The van der Waals surface area contributed by atoms with E-state index in [4.69, 9.17) is 0 Å². The summed E-state index contributed by atoms with van der Waals surface area (Å²) in [5.74, 6) is 2.45. The van der Waals surface area contributed by atoms with Crippen LogP contribution in [-0.4, -0.2) is 25.1 Å². The van der Waals surface area contributed by atoms with Crippen molar-refractivity contribution >= 4 is 5.96 Å². The lowest BCUT2D eigenvalue weighted by Crippen LogP contribution is -2.40. The number of guanidine groups is 1. The average Bonchev–Trinajstić information content (AvgIpc) is 3.06. The molecule has 1 heterocycles. The summed E-state index contributed by atoms with van der Waals surface area (Å²) in [6, 6.07) is 11.4. The molecule has 0 saturated heterocycles. The lowest BCUT2D eigenvalue weighted by Gasteiger charge is -2.21. The standard InChI is InChI=1S/C16H23N3/c1-12-10-17-16(19-12)18-11-14-8-5-9-15(14)13-6-3-2-4-7-13/h2-4,6-7,12,14-15H,5,8-11H2,1H3,(H2,17,18,19). The fourth-order valence-electron chi connectivity index (χ4n) is 3.31. The molecule has 0 radical (unpaired) electrons. The second-order valence-corrected chi connectivity index (χ2v) is 5.82. The van der Waals surface area contributed by atoms with E-state index < -0.39 is 0 Å². The van der Waals surface area contributed by atoms with Gasteiger partial charge in [0.25, 0.3) is 0 Å². The van der Waals surface area contributed by atoms with Crippen molar-refractivity contribution in [2.45, 2.75) is 38.1 Å². The van der Waals surface area contributed by atoms with Gasteiger partial charge < -0.3 is 10.6 Å². The van der Waals surface area contributed by atoms with E-state index in [9.17, 15) is 0 Å². The third kappa shape index (κ3) is 2.91. The number of hydrogen-bond donors (Lipinski definition) is 2. The van der Waals surface area contributed by atoms with Gasteiger partial charge in [0.05, 0.1) is 6.54 Å². The molecule has 0 spiro atoms. The molecule has 3 nitrogen and oxygen atoms in total. The molecule has 1 saturated carbocycles. The molecule has 1 fully saturated rings. The highest BCUT2D eigenvalue weighted by atomic mass is 15.2. The van der Waals surface area contributed by atoms with Gasteiger partial charge in [-0.15, -0.1) is 0 Å². The molecular weight excluding hydrogens is 234 g/mol. The maximum absolute atomic E-state index is 4.47. The predicted molar refractivity (Wildman–Crippen MR) is 79.4 cm³/mol. The maximum atomic E-state index is 4.47. The number of hydrogen-bond acceptors (Lipinski definition) is 3. The monoisotopic (exact) mass is 257 g/mol. The van der Waals surface area contributed by atoms with Gasteiger partial charge in [-0.1, -0.05) is 36.8 Å². The molecular formula is C16H23N3. The number of aliphatic imine (C=N–C) groups is 1. The van der Waals surface area contributed by atoms with Crippen molar-refractivity contribution in [3.05, 3.63) is 35.9 Å². The number of rotatable bonds is 3. The third-order valence-corrected chi connectivity index (χ3v) is 4.32. The molecule has 0 bridgehead atoms. The third-order valence-electron chi connectivity index (χ3n) is 4.32. The molecule has 3 rings (SSSR count). The van der Waals surface area contributed by atoms with Gasteiger partial charge in [0.15, 0.2) is 5.96 Å². The van der Waals surface area contributed by atoms with Crippen molar-refractivity contribution in [2.24, 2.45) is 10.9 Å². The predicted octanol–water partition coefficient (Wildman–Crippen LogP) is 2.51. The van der Waals surface area contributed by atoms with Crippen molar-refractivity contribution in [3.63, 3.8) is 0 Å². The zero-order valence-electron chi connectivity index (χ0n) is 11.6. The maximum Gasteiger partial charge on any atom is 0.191 e. The van der Waals surface area contributed by atoms with E-state index in [1.165, 1.54) is 24.8 Å². The van der Waals surface area contributed by atoms with Crippen LogP contribution in [0.4, 0.5) is 0 Å². The molecule has 3 unspecified atom stereocenters. The van der Waals surface area contributed by atoms with E-state index in [0.717, 1.165) is 25.0 Å². The lowest BCUT2D eigenvalue weighted by atomic mass is 9.89. The Balaban J connectivity index is 1.58. The molecule has 2 aliphatic rings. The highest BCUT2D eigenvalue weighted by Crippen LogP contribution is 2.39. The summed E-state index contributed by atoms with van der Waals surface area (Å²) in [5, 5.41) is 6.86. The van der Waals surface area contributed by atoms with Crippen molar-refractivity contribution < 1.29 is 0 Å². The Morgan fingerprint density at radius 3 is 2.84 bits per heavy atom. The Bertz CT molecular complexity index is 441. The van der Waals surface area contributed by atoms with Crippen molar-refractivity contribution in [1.29, 1.82) is 0 Å². The van der Waals surface area contributed by atoms with Crippen LogP contribution in [0.15, 0.2) is 35.3 Å². The number of nitrogens with zero attached hydrogens (tertiary/aromatic N) is 1. The zero-order chi connectivity index (χ0) is 13.1. The Hall–Kier alpha value is -1.51. The SMILES string of the molecule is CC1CN=C(NCC2CCCC2c2ccccc2)N1. The molecule has 1 aromatic carbocycles. The van der Waals surface area contributed by atoms with Gasteiger partial charge in [-0.25, -0.2) is 0 Å². The van der Waals surface area contributed by atoms with E-state index in [1.807, 2.05) is 0 Å². The average molecular weight is 257 g/mol. The van der Waals surface area contributed by atoms with E-state index in [-0.39, 0.29) is 0 Å². The molecule has 19 heavy (non-hydrogen) atoms. The van der Waals surface area contributed by atoms with Crippen LogP contribution >= 0.6 is 0 Å². The van der Waals surface area contributed by atoms with Gasteiger partial charge in [0.1, 0.15) is 0 Å². The van der Waals surface area contributed by atoms with E-state index in [2.05, 4.69) is 52.9 Å². The van der Waals surface area contributed by atoms with Gasteiger partial charge in [0, 0.05) is 12.6 Å². The van der Waals surface area contributed by atoms with E-state index in [0.29, 0.717) is 12.0 Å². The summed E-state index contributed by atoms with van der Waals surface area (Å²) in [6.45, 7) is 4.10. The Kier molecular flexibility index (Phi) is 3.72. The molecule has 2 N–H and O–H groups in total. The summed E-state index contributed by atoms with van der Waals surface area (Å²) < 4.78 is 0. The zero-order valence-corrected chi connectivity index (χ0v) is 11.6. The Morgan fingerprint density at radius 1 is 1.26 bits per heavy atom. The van der Waals surface area contributed by atoms with E-state index >= 15 is 0 Å². The molecule has 1 aliphatic carbocycles. The largest absolute Gasteiger partial charge is 0.356 e. The number of benzene rings is 1. The number of nitrogens with one attached hydrogen (secondary N) is 2. The van der Waals surface area contributed by atoms with E-state index in [1.54, 1.807) is 0 Å². The summed E-state index contributed by atoms with van der Waals surface area (Å²) >= 11 is 0. The molecule has 0 aromatic heterocycles. The summed E-state index contributed by atoms with van der Waals surface area (Å²) in [7, 11) is 0. The summed E-state index contributed by atoms with van der Waals surface area (Å²) in [5.41, 5.74) is 1.50. The van der Waals surface area contributed by atoms with Gasteiger partial charge in [-0.3, -0.25) is 4.99 Å². The van der Waals surface area contributed by atoms with Crippen molar-refractivity contribution in [2.75, 3.05) is 13.1 Å². The van der Waals surface area contributed by atoms with Crippen LogP contribution < -0.4 is 10.6 Å². The molecule has 3 atom stereocenters. The fourth-order valence-corrected chi connectivity index (χ4v) is 3.31. The molecule has 1 aliphatic heterocycles. The van der Waals surface area contributed by atoms with Crippen LogP contribution in [0.1, 0.15) is 37.7 Å². The topological polar surface area (TPSA) is 36.4 Å². The van der Waals surface area contributed by atoms with Gasteiger partial charge in [-0.05, 0) is 37.2 Å². The van der Waals surface area contributed by atoms with Crippen LogP contribution in [0.5, 0.6) is 0 Å². The molecule has 102 valence electrons. The minimum atomic E-state index is 0.482. The first-order valence-corrected chi connectivity index (χ1v) is 7.43. The summed E-state index contributed by atoms with van der Waals surface area (Å²) in [4.78, 5) is 4.47. The minimum Gasteiger partial charge on any atom is -0.356 e. The van der Waals surface area contributed by atoms with Crippen LogP contribution in [-0.2, 0) is 0 Å². The first-order valence-electron chi connectivity index (χ1n) is 7.43. The first kappa shape index (κ1) is 12.5. The smallest absolute Gasteiger partial charge is 0.191 e. The molecule has 0 amide bonds. The van der Waals surface area contributed by atoms with Crippen molar-refractivity contribution in [1.82, 2.24) is 10.6 Å². The Morgan fingerprint density at radius 2 is 2.11 bits per heavy atom. The second kappa shape index (κ2) is 5.64. The Labute approximate surface area is 115 Å². The van der Waals surface area contributed by atoms with Crippen molar-refractivity contribution in [3.8, 4) is 0 Å². The highest BCUT2D eigenvalue weighted by Gasteiger charge is 2.28. The van der Waals surface area contributed by atoms with Gasteiger partial charge in [-0.2, -0.15) is 0 Å². The van der Waals surface area contributed by atoms with Gasteiger partial charge >= 0.3 is 0 Å².